The maximum atomic E-state index is 12.1. The lowest BCUT2D eigenvalue weighted by atomic mass is 10.2. The Hall–Kier alpha value is -2.74. The fraction of sp³-hybridized carbons (Fsp3) is 0.176. The second-order valence-corrected chi connectivity index (χ2v) is 6.06. The van der Waals surface area contributed by atoms with E-state index in [0.29, 0.717) is 27.3 Å². The summed E-state index contributed by atoms with van der Waals surface area (Å²) in [5.74, 6) is 0.873. The average molecular weight is 407 g/mol. The number of nitrogens with zero attached hydrogens (tertiary/aromatic N) is 1. The van der Waals surface area contributed by atoms with Gasteiger partial charge in [-0.3, -0.25) is 4.79 Å². The van der Waals surface area contributed by atoms with E-state index in [4.69, 9.17) is 14.2 Å². The number of phenolic OH excluding ortho intramolecular Hbond substituents is 1. The SMILES string of the molecule is COc1cc(Br)cc(/C=N/NC(=O)[C@H]2COc3ccccc3O2)c1O. The first-order valence-corrected chi connectivity index (χ1v) is 8.15. The van der Waals surface area contributed by atoms with Gasteiger partial charge in [0.15, 0.2) is 23.0 Å². The zero-order valence-corrected chi connectivity index (χ0v) is 14.8. The number of hydrogen-bond donors (Lipinski definition) is 2. The number of rotatable bonds is 4. The van der Waals surface area contributed by atoms with Gasteiger partial charge in [0.05, 0.1) is 13.3 Å². The molecule has 8 heteroatoms. The summed E-state index contributed by atoms with van der Waals surface area (Å²) in [4.78, 5) is 12.1. The number of nitrogens with one attached hydrogen (secondary N) is 1. The zero-order valence-electron chi connectivity index (χ0n) is 13.2. The van der Waals surface area contributed by atoms with Crippen molar-refractivity contribution in [3.05, 3.63) is 46.4 Å². The van der Waals surface area contributed by atoms with Crippen LogP contribution < -0.4 is 19.6 Å². The van der Waals surface area contributed by atoms with Gasteiger partial charge in [-0.25, -0.2) is 5.43 Å². The van der Waals surface area contributed by atoms with Crippen molar-refractivity contribution in [1.29, 1.82) is 0 Å². The van der Waals surface area contributed by atoms with Crippen LogP contribution in [0.1, 0.15) is 5.56 Å². The first-order valence-electron chi connectivity index (χ1n) is 7.36. The van der Waals surface area contributed by atoms with Crippen LogP contribution in [-0.2, 0) is 4.79 Å². The van der Waals surface area contributed by atoms with Crippen LogP contribution >= 0.6 is 15.9 Å². The minimum atomic E-state index is -0.808. The minimum Gasteiger partial charge on any atom is -0.504 e. The standard InChI is InChI=1S/C17H15BrN2O5/c1-23-14-7-11(18)6-10(16(14)21)8-19-20-17(22)15-9-24-12-4-2-3-5-13(12)25-15/h2-8,15,21H,9H2,1H3,(H,20,22)/b19-8+/t15-/m1/s1. The first kappa shape index (κ1) is 17.1. The molecule has 25 heavy (non-hydrogen) atoms. The van der Waals surface area contributed by atoms with E-state index in [9.17, 15) is 9.90 Å². The Bertz CT molecular complexity index is 825. The summed E-state index contributed by atoms with van der Waals surface area (Å²) in [6, 6.07) is 10.4. The van der Waals surface area contributed by atoms with Gasteiger partial charge in [-0.15, -0.1) is 0 Å². The summed E-state index contributed by atoms with van der Waals surface area (Å²) in [6.45, 7) is 0.0916. The maximum Gasteiger partial charge on any atom is 0.284 e. The second-order valence-electron chi connectivity index (χ2n) is 5.14. The first-order chi connectivity index (χ1) is 12.1. The van der Waals surface area contributed by atoms with Gasteiger partial charge >= 0.3 is 0 Å². The van der Waals surface area contributed by atoms with Crippen LogP contribution in [0.15, 0.2) is 46.0 Å². The molecule has 7 nitrogen and oxygen atoms in total. The number of benzene rings is 2. The number of carbonyl (C=O) groups is 1. The summed E-state index contributed by atoms with van der Waals surface area (Å²) >= 11 is 3.31. The van der Waals surface area contributed by atoms with Crippen LogP contribution in [0, 0.1) is 0 Å². The van der Waals surface area contributed by atoms with E-state index in [2.05, 4.69) is 26.5 Å². The van der Waals surface area contributed by atoms with Crippen LogP contribution in [0.25, 0.3) is 0 Å². The van der Waals surface area contributed by atoms with Crippen LogP contribution in [0.5, 0.6) is 23.0 Å². The monoisotopic (exact) mass is 406 g/mol. The lowest BCUT2D eigenvalue weighted by Crippen LogP contribution is -2.42. The second kappa shape index (κ2) is 7.43. The zero-order chi connectivity index (χ0) is 17.8. The molecular formula is C17H15BrN2O5. The number of hydrogen-bond acceptors (Lipinski definition) is 6. The molecule has 130 valence electrons. The number of hydrazone groups is 1. The number of fused-ring (bicyclic) bond motifs is 1. The van der Waals surface area contributed by atoms with Crippen LogP contribution in [0.4, 0.5) is 0 Å². The fourth-order valence-electron chi connectivity index (χ4n) is 2.23. The predicted molar refractivity (Wildman–Crippen MR) is 94.4 cm³/mol. The molecule has 1 atom stereocenters. The Balaban J connectivity index is 1.65. The molecule has 0 fully saturated rings. The van der Waals surface area contributed by atoms with E-state index in [1.807, 2.05) is 6.07 Å². The third-order valence-corrected chi connectivity index (χ3v) is 3.93. The molecule has 1 aliphatic rings. The molecule has 0 aliphatic carbocycles. The van der Waals surface area contributed by atoms with E-state index in [1.165, 1.54) is 13.3 Å². The average Bonchev–Trinajstić information content (AvgIpc) is 2.63. The van der Waals surface area contributed by atoms with Crippen molar-refractivity contribution >= 4 is 28.1 Å². The van der Waals surface area contributed by atoms with Crippen molar-refractivity contribution in [3.63, 3.8) is 0 Å². The molecule has 1 heterocycles. The highest BCUT2D eigenvalue weighted by Gasteiger charge is 2.27. The number of methoxy groups -OCH3 is 1. The lowest BCUT2D eigenvalue weighted by Gasteiger charge is -2.24. The molecule has 0 unspecified atom stereocenters. The van der Waals surface area contributed by atoms with Crippen molar-refractivity contribution in [3.8, 4) is 23.0 Å². The molecule has 0 saturated heterocycles. The van der Waals surface area contributed by atoms with Crippen molar-refractivity contribution < 1.29 is 24.1 Å². The van der Waals surface area contributed by atoms with Gasteiger partial charge in [-0.2, -0.15) is 5.10 Å². The molecule has 0 bridgehead atoms. The van der Waals surface area contributed by atoms with Gasteiger partial charge in [0, 0.05) is 10.0 Å². The van der Waals surface area contributed by atoms with Gasteiger partial charge in [0.1, 0.15) is 6.61 Å². The van der Waals surface area contributed by atoms with Crippen molar-refractivity contribution in [2.45, 2.75) is 6.10 Å². The van der Waals surface area contributed by atoms with Crippen molar-refractivity contribution in [2.75, 3.05) is 13.7 Å². The highest BCUT2D eigenvalue weighted by Crippen LogP contribution is 2.33. The molecule has 0 spiro atoms. The van der Waals surface area contributed by atoms with Gasteiger partial charge in [-0.05, 0) is 24.3 Å². The molecule has 0 saturated carbocycles. The fourth-order valence-corrected chi connectivity index (χ4v) is 2.69. The van der Waals surface area contributed by atoms with E-state index < -0.39 is 12.0 Å². The molecule has 1 amide bonds. The van der Waals surface area contributed by atoms with Gasteiger partial charge in [0.2, 0.25) is 6.10 Å². The number of halogens is 1. The van der Waals surface area contributed by atoms with Crippen LogP contribution in [-0.4, -0.2) is 37.0 Å². The van der Waals surface area contributed by atoms with Crippen molar-refractivity contribution in [2.24, 2.45) is 5.10 Å². The van der Waals surface area contributed by atoms with E-state index in [1.54, 1.807) is 30.3 Å². The lowest BCUT2D eigenvalue weighted by molar-refractivity contribution is -0.130. The normalized spacial score (nSPS) is 15.8. The van der Waals surface area contributed by atoms with E-state index in [0.717, 1.165) is 0 Å². The van der Waals surface area contributed by atoms with E-state index >= 15 is 0 Å². The highest BCUT2D eigenvalue weighted by atomic mass is 79.9. The largest absolute Gasteiger partial charge is 0.504 e. The highest BCUT2D eigenvalue weighted by molar-refractivity contribution is 9.10. The summed E-state index contributed by atoms with van der Waals surface area (Å²) in [5.41, 5.74) is 2.76. The van der Waals surface area contributed by atoms with Gasteiger partial charge in [0.25, 0.3) is 5.91 Å². The van der Waals surface area contributed by atoms with Crippen LogP contribution in [0.2, 0.25) is 0 Å². The molecule has 2 aromatic rings. The smallest absolute Gasteiger partial charge is 0.284 e. The predicted octanol–water partition coefficient (Wildman–Crippen LogP) is 2.45. The Labute approximate surface area is 152 Å². The third kappa shape index (κ3) is 3.85. The number of carbonyl (C=O) groups excluding carboxylic acids is 1. The number of ether oxygens (including phenoxy) is 3. The van der Waals surface area contributed by atoms with Crippen LogP contribution in [0.3, 0.4) is 0 Å². The van der Waals surface area contributed by atoms with Gasteiger partial charge in [-0.1, -0.05) is 28.1 Å². The molecule has 0 aromatic heterocycles. The molecule has 3 rings (SSSR count). The number of amides is 1. The minimum absolute atomic E-state index is 0.0742. The Morgan fingerprint density at radius 1 is 1.40 bits per heavy atom. The Morgan fingerprint density at radius 3 is 2.92 bits per heavy atom. The summed E-state index contributed by atoms with van der Waals surface area (Å²) in [5, 5.41) is 13.9. The summed E-state index contributed by atoms with van der Waals surface area (Å²) in [7, 11) is 1.45. The van der Waals surface area contributed by atoms with E-state index in [-0.39, 0.29) is 12.4 Å². The topological polar surface area (TPSA) is 89.4 Å². The number of aromatic hydroxyl groups is 1. The molecule has 2 N–H and O–H groups in total. The van der Waals surface area contributed by atoms with Gasteiger partial charge < -0.3 is 19.3 Å². The summed E-state index contributed by atoms with van der Waals surface area (Å²) in [6.07, 6.45) is 0.510. The third-order valence-electron chi connectivity index (χ3n) is 3.47. The molecule has 0 radical (unpaired) electrons. The molecule has 1 aliphatic heterocycles. The Morgan fingerprint density at radius 2 is 2.16 bits per heavy atom. The van der Waals surface area contributed by atoms with Crippen molar-refractivity contribution in [1.82, 2.24) is 5.43 Å². The summed E-state index contributed by atoms with van der Waals surface area (Å²) < 4.78 is 16.8. The number of phenols is 1. The molecule has 2 aromatic carbocycles. The molecular weight excluding hydrogens is 392 g/mol. The maximum absolute atomic E-state index is 12.1. The number of para-hydroxylation sites is 2. The quantitative estimate of drug-likeness (QED) is 0.601. The Kier molecular flexibility index (Phi) is 5.08.